The third kappa shape index (κ3) is 4.07. The largest absolute Gasteiger partial charge is 0.496 e. The van der Waals surface area contributed by atoms with Crippen LogP contribution in [0.4, 0.5) is 5.69 Å². The summed E-state index contributed by atoms with van der Waals surface area (Å²) < 4.78 is 27.9. The van der Waals surface area contributed by atoms with Crippen LogP contribution < -0.4 is 15.2 Å². The van der Waals surface area contributed by atoms with E-state index in [0.717, 1.165) is 6.07 Å². The molecule has 2 rings (SSSR count). The molecule has 122 valence electrons. The number of carbonyl (C=O) groups excluding carboxylic acids is 1. The molecule has 23 heavy (non-hydrogen) atoms. The lowest BCUT2D eigenvalue weighted by molar-refractivity contribution is 0.102. The Morgan fingerprint density at radius 1 is 1.26 bits per heavy atom. The second-order valence-electron chi connectivity index (χ2n) is 4.72. The first-order valence-corrected chi connectivity index (χ1v) is 8.12. The third-order valence-corrected chi connectivity index (χ3v) is 4.02. The number of nitrogens with one attached hydrogen (secondary N) is 1. The average molecular weight is 336 g/mol. The van der Waals surface area contributed by atoms with Crippen molar-refractivity contribution in [3.8, 4) is 5.75 Å². The minimum atomic E-state index is -3.94. The molecule has 7 nitrogen and oxygen atoms in total. The van der Waals surface area contributed by atoms with Crippen molar-refractivity contribution in [2.24, 2.45) is 5.14 Å². The summed E-state index contributed by atoms with van der Waals surface area (Å²) in [5.74, 6) is -0.337. The maximum absolute atomic E-state index is 12.4. The molecular formula is C15H16N2O5S. The Bertz CT molecular complexity index is 834. The van der Waals surface area contributed by atoms with Gasteiger partial charge in [0.15, 0.2) is 0 Å². The van der Waals surface area contributed by atoms with Gasteiger partial charge in [-0.25, -0.2) is 13.6 Å². The lowest BCUT2D eigenvalue weighted by Crippen LogP contribution is -2.16. The van der Waals surface area contributed by atoms with Gasteiger partial charge in [0.1, 0.15) is 5.75 Å². The van der Waals surface area contributed by atoms with E-state index in [1.165, 1.54) is 19.2 Å². The number of ether oxygens (including phenoxy) is 1. The van der Waals surface area contributed by atoms with E-state index in [1.807, 2.05) is 0 Å². The number of methoxy groups -OCH3 is 1. The van der Waals surface area contributed by atoms with Crippen molar-refractivity contribution in [2.75, 3.05) is 12.4 Å². The lowest BCUT2D eigenvalue weighted by atomic mass is 10.1. The number of aliphatic hydroxyl groups excluding tert-OH is 1. The molecule has 0 heterocycles. The van der Waals surface area contributed by atoms with E-state index in [9.17, 15) is 13.2 Å². The van der Waals surface area contributed by atoms with Crippen LogP contribution in [-0.4, -0.2) is 26.5 Å². The van der Waals surface area contributed by atoms with Gasteiger partial charge in [-0.1, -0.05) is 12.1 Å². The topological polar surface area (TPSA) is 119 Å². The monoisotopic (exact) mass is 336 g/mol. The normalized spacial score (nSPS) is 11.1. The fourth-order valence-corrected chi connectivity index (χ4v) is 2.53. The standard InChI is InChI=1S/C15H16N2O5S/c1-22-14-6-5-12(23(16,20)21)8-13(14)15(19)17-11-4-2-3-10(7-11)9-18/h2-8,18H,9H2,1H3,(H,17,19)(H2,16,20,21). The van der Waals surface area contributed by atoms with Crippen LogP contribution in [0, 0.1) is 0 Å². The predicted octanol–water partition coefficient (Wildman–Crippen LogP) is 1.09. The highest BCUT2D eigenvalue weighted by atomic mass is 32.2. The number of sulfonamides is 1. The highest BCUT2D eigenvalue weighted by Gasteiger charge is 2.17. The summed E-state index contributed by atoms with van der Waals surface area (Å²) in [6.45, 7) is -0.159. The number of amides is 1. The first-order chi connectivity index (χ1) is 10.8. The van der Waals surface area contributed by atoms with Crippen molar-refractivity contribution in [1.82, 2.24) is 0 Å². The van der Waals surface area contributed by atoms with Crippen LogP contribution in [0.15, 0.2) is 47.4 Å². The molecule has 0 spiro atoms. The van der Waals surface area contributed by atoms with Crippen LogP contribution in [-0.2, 0) is 16.6 Å². The van der Waals surface area contributed by atoms with Gasteiger partial charge in [-0.2, -0.15) is 0 Å². The van der Waals surface area contributed by atoms with Crippen molar-refractivity contribution in [3.05, 3.63) is 53.6 Å². The van der Waals surface area contributed by atoms with Crippen molar-refractivity contribution in [2.45, 2.75) is 11.5 Å². The zero-order valence-corrected chi connectivity index (χ0v) is 13.1. The Balaban J connectivity index is 2.37. The van der Waals surface area contributed by atoms with E-state index in [2.05, 4.69) is 5.32 Å². The van der Waals surface area contributed by atoms with Gasteiger partial charge in [0.25, 0.3) is 5.91 Å². The first-order valence-electron chi connectivity index (χ1n) is 6.57. The van der Waals surface area contributed by atoms with E-state index in [0.29, 0.717) is 11.3 Å². The molecule has 0 saturated carbocycles. The SMILES string of the molecule is COc1ccc(S(N)(=O)=O)cc1C(=O)Nc1cccc(CO)c1. The minimum absolute atomic E-state index is 0.0356. The molecule has 1 amide bonds. The zero-order valence-electron chi connectivity index (χ0n) is 12.3. The molecule has 0 bridgehead atoms. The molecule has 0 aliphatic heterocycles. The Morgan fingerprint density at radius 3 is 2.61 bits per heavy atom. The fraction of sp³-hybridized carbons (Fsp3) is 0.133. The van der Waals surface area contributed by atoms with Crippen LogP contribution in [0.3, 0.4) is 0 Å². The van der Waals surface area contributed by atoms with E-state index < -0.39 is 15.9 Å². The first kappa shape index (κ1) is 16.9. The molecule has 0 fully saturated rings. The summed E-state index contributed by atoms with van der Waals surface area (Å²) in [7, 11) is -2.57. The van der Waals surface area contributed by atoms with E-state index >= 15 is 0 Å². The van der Waals surface area contributed by atoms with Crippen molar-refractivity contribution < 1.29 is 23.1 Å². The van der Waals surface area contributed by atoms with Gasteiger partial charge in [-0.3, -0.25) is 4.79 Å². The molecule has 0 unspecified atom stereocenters. The molecule has 2 aromatic carbocycles. The lowest BCUT2D eigenvalue weighted by Gasteiger charge is -2.11. The Morgan fingerprint density at radius 2 is 2.00 bits per heavy atom. The van der Waals surface area contributed by atoms with Gasteiger partial charge in [-0.05, 0) is 35.9 Å². The van der Waals surface area contributed by atoms with Crippen LogP contribution in [0.25, 0.3) is 0 Å². The van der Waals surface area contributed by atoms with E-state index in [4.69, 9.17) is 15.0 Å². The van der Waals surface area contributed by atoms with Gasteiger partial charge >= 0.3 is 0 Å². The van der Waals surface area contributed by atoms with Gasteiger partial charge < -0.3 is 15.2 Å². The molecule has 2 aromatic rings. The van der Waals surface area contributed by atoms with Crippen molar-refractivity contribution >= 4 is 21.6 Å². The highest BCUT2D eigenvalue weighted by molar-refractivity contribution is 7.89. The average Bonchev–Trinajstić information content (AvgIpc) is 2.53. The van der Waals surface area contributed by atoms with Crippen molar-refractivity contribution in [1.29, 1.82) is 0 Å². The Kier molecular flexibility index (Phi) is 4.99. The smallest absolute Gasteiger partial charge is 0.259 e. The van der Waals surface area contributed by atoms with Crippen LogP contribution in [0.5, 0.6) is 5.75 Å². The summed E-state index contributed by atoms with van der Waals surface area (Å²) in [5.41, 5.74) is 1.13. The van der Waals surface area contributed by atoms with Gasteiger partial charge in [0, 0.05) is 5.69 Å². The number of hydrogen-bond donors (Lipinski definition) is 3. The van der Waals surface area contributed by atoms with Gasteiger partial charge in [0.2, 0.25) is 10.0 Å². The quantitative estimate of drug-likeness (QED) is 0.755. The number of carbonyl (C=O) groups is 1. The van der Waals surface area contributed by atoms with Crippen LogP contribution in [0.2, 0.25) is 0 Å². The van der Waals surface area contributed by atoms with Gasteiger partial charge in [0.05, 0.1) is 24.2 Å². The summed E-state index contributed by atoms with van der Waals surface area (Å²) in [6.07, 6.45) is 0. The summed E-state index contributed by atoms with van der Waals surface area (Å²) in [6, 6.07) is 10.4. The number of benzene rings is 2. The summed E-state index contributed by atoms with van der Waals surface area (Å²) in [5, 5.41) is 16.8. The molecule has 4 N–H and O–H groups in total. The number of primary sulfonamides is 1. The molecular weight excluding hydrogens is 320 g/mol. The summed E-state index contributed by atoms with van der Waals surface area (Å²) in [4.78, 5) is 12.2. The number of nitrogens with two attached hydrogens (primary N) is 1. The maximum atomic E-state index is 12.4. The molecule has 0 aliphatic rings. The molecule has 0 atom stereocenters. The molecule has 8 heteroatoms. The number of aliphatic hydroxyl groups is 1. The number of anilines is 1. The van der Waals surface area contributed by atoms with E-state index in [-0.39, 0.29) is 22.8 Å². The fourth-order valence-electron chi connectivity index (χ4n) is 1.99. The third-order valence-electron chi connectivity index (χ3n) is 3.11. The maximum Gasteiger partial charge on any atom is 0.259 e. The Labute approximate surface area is 133 Å². The van der Waals surface area contributed by atoms with Crippen LogP contribution >= 0.6 is 0 Å². The second-order valence-corrected chi connectivity index (χ2v) is 6.28. The van der Waals surface area contributed by atoms with E-state index in [1.54, 1.807) is 24.3 Å². The van der Waals surface area contributed by atoms with Crippen molar-refractivity contribution in [3.63, 3.8) is 0 Å². The summed E-state index contributed by atoms with van der Waals surface area (Å²) >= 11 is 0. The Hall–Kier alpha value is -2.42. The molecule has 0 aromatic heterocycles. The van der Waals surface area contributed by atoms with Crippen LogP contribution in [0.1, 0.15) is 15.9 Å². The zero-order chi connectivity index (χ0) is 17.0. The second kappa shape index (κ2) is 6.78. The van der Waals surface area contributed by atoms with Gasteiger partial charge in [-0.15, -0.1) is 0 Å². The molecule has 0 aliphatic carbocycles. The predicted molar refractivity (Wildman–Crippen MR) is 84.7 cm³/mol. The highest BCUT2D eigenvalue weighted by Crippen LogP contribution is 2.23. The minimum Gasteiger partial charge on any atom is -0.496 e. The number of rotatable bonds is 5. The molecule has 0 saturated heterocycles. The number of hydrogen-bond acceptors (Lipinski definition) is 5. The molecule has 0 radical (unpaired) electrons.